The van der Waals surface area contributed by atoms with Gasteiger partial charge in [-0.2, -0.15) is 0 Å². The van der Waals surface area contributed by atoms with Crippen LogP contribution in [0, 0.1) is 0 Å². The minimum Gasteiger partial charge on any atom is -0.392 e. The fraction of sp³-hybridized carbons (Fsp3) is 0.143. The lowest BCUT2D eigenvalue weighted by atomic mass is 9.98. The maximum Gasteiger partial charge on any atom is 0.0687 e. The first-order valence-electron chi connectivity index (χ1n) is 5.08. The largest absolute Gasteiger partial charge is 0.392 e. The van der Waals surface area contributed by atoms with Crippen molar-refractivity contribution in [1.82, 2.24) is 0 Å². The Morgan fingerprint density at radius 3 is 2.20 bits per heavy atom. The SMILES string of the molecule is C=CCc1ccc(CO)c2ccccc12. The third-order valence-electron chi connectivity index (χ3n) is 2.64. The van der Waals surface area contributed by atoms with Gasteiger partial charge in [0.25, 0.3) is 0 Å². The van der Waals surface area contributed by atoms with Crippen LogP contribution in [-0.4, -0.2) is 5.11 Å². The molecule has 1 N–H and O–H groups in total. The van der Waals surface area contributed by atoms with Gasteiger partial charge in [0.05, 0.1) is 6.61 Å². The molecule has 0 unspecified atom stereocenters. The molecular formula is C14H14O. The Kier molecular flexibility index (Phi) is 2.84. The number of allylic oxidation sites excluding steroid dienone is 1. The summed E-state index contributed by atoms with van der Waals surface area (Å²) in [5.41, 5.74) is 2.25. The third-order valence-corrected chi connectivity index (χ3v) is 2.64. The van der Waals surface area contributed by atoms with Crippen LogP contribution in [0.25, 0.3) is 10.8 Å². The molecule has 0 aromatic heterocycles. The highest BCUT2D eigenvalue weighted by atomic mass is 16.3. The molecule has 1 heteroatoms. The van der Waals surface area contributed by atoms with Crippen molar-refractivity contribution in [2.45, 2.75) is 13.0 Å². The molecule has 1 nitrogen and oxygen atoms in total. The van der Waals surface area contributed by atoms with Crippen molar-refractivity contribution in [3.63, 3.8) is 0 Å². The molecule has 76 valence electrons. The van der Waals surface area contributed by atoms with Crippen LogP contribution < -0.4 is 0 Å². The van der Waals surface area contributed by atoms with E-state index >= 15 is 0 Å². The van der Waals surface area contributed by atoms with Gasteiger partial charge in [0.1, 0.15) is 0 Å². The van der Waals surface area contributed by atoms with Gasteiger partial charge in [0, 0.05) is 0 Å². The summed E-state index contributed by atoms with van der Waals surface area (Å²) in [6.07, 6.45) is 2.77. The number of rotatable bonds is 3. The van der Waals surface area contributed by atoms with Crippen molar-refractivity contribution in [3.8, 4) is 0 Å². The van der Waals surface area contributed by atoms with E-state index in [-0.39, 0.29) is 6.61 Å². The Balaban J connectivity index is 2.71. The third kappa shape index (κ3) is 1.79. The Morgan fingerprint density at radius 2 is 1.60 bits per heavy atom. The maximum absolute atomic E-state index is 9.24. The number of fused-ring (bicyclic) bond motifs is 1. The molecule has 0 aliphatic heterocycles. The lowest BCUT2D eigenvalue weighted by molar-refractivity contribution is 0.283. The molecule has 2 rings (SSSR count). The fourth-order valence-electron chi connectivity index (χ4n) is 1.90. The van der Waals surface area contributed by atoms with Crippen LogP contribution in [0.1, 0.15) is 11.1 Å². The second-order valence-electron chi connectivity index (χ2n) is 3.58. The second-order valence-corrected chi connectivity index (χ2v) is 3.58. The monoisotopic (exact) mass is 198 g/mol. The second kappa shape index (κ2) is 4.28. The molecule has 0 saturated heterocycles. The summed E-state index contributed by atoms with van der Waals surface area (Å²) in [4.78, 5) is 0. The quantitative estimate of drug-likeness (QED) is 0.751. The van der Waals surface area contributed by atoms with Crippen molar-refractivity contribution in [2.75, 3.05) is 0 Å². The van der Waals surface area contributed by atoms with Gasteiger partial charge in [-0.3, -0.25) is 0 Å². The molecule has 2 aromatic rings. The number of hydrogen-bond acceptors (Lipinski definition) is 1. The molecule has 0 heterocycles. The highest BCUT2D eigenvalue weighted by Crippen LogP contribution is 2.23. The minimum absolute atomic E-state index is 0.0921. The van der Waals surface area contributed by atoms with Crippen LogP contribution in [-0.2, 0) is 13.0 Å². The van der Waals surface area contributed by atoms with Crippen molar-refractivity contribution in [1.29, 1.82) is 0 Å². The van der Waals surface area contributed by atoms with E-state index < -0.39 is 0 Å². The van der Waals surface area contributed by atoms with E-state index in [1.807, 2.05) is 30.3 Å². The molecule has 0 atom stereocenters. The smallest absolute Gasteiger partial charge is 0.0687 e. The zero-order valence-corrected chi connectivity index (χ0v) is 8.61. The molecule has 0 fully saturated rings. The van der Waals surface area contributed by atoms with Gasteiger partial charge in [0.2, 0.25) is 0 Å². The summed E-state index contributed by atoms with van der Waals surface area (Å²) >= 11 is 0. The Morgan fingerprint density at radius 1 is 1.00 bits per heavy atom. The summed E-state index contributed by atoms with van der Waals surface area (Å²) < 4.78 is 0. The molecule has 0 spiro atoms. The number of aliphatic hydroxyl groups excluding tert-OH is 1. The van der Waals surface area contributed by atoms with Gasteiger partial charge in [-0.25, -0.2) is 0 Å². The Hall–Kier alpha value is -1.60. The van der Waals surface area contributed by atoms with E-state index in [9.17, 15) is 5.11 Å². The van der Waals surface area contributed by atoms with E-state index in [4.69, 9.17) is 0 Å². The van der Waals surface area contributed by atoms with Gasteiger partial charge in [-0.1, -0.05) is 42.5 Å². The van der Waals surface area contributed by atoms with Gasteiger partial charge >= 0.3 is 0 Å². The maximum atomic E-state index is 9.24. The van der Waals surface area contributed by atoms with E-state index in [2.05, 4.69) is 18.7 Å². The van der Waals surface area contributed by atoms with Crippen molar-refractivity contribution >= 4 is 10.8 Å². The molecule has 0 amide bonds. The van der Waals surface area contributed by atoms with E-state index in [1.54, 1.807) is 0 Å². The predicted molar refractivity (Wildman–Crippen MR) is 63.8 cm³/mol. The first-order valence-corrected chi connectivity index (χ1v) is 5.08. The highest BCUT2D eigenvalue weighted by Gasteiger charge is 2.03. The molecule has 0 radical (unpaired) electrons. The van der Waals surface area contributed by atoms with E-state index in [1.165, 1.54) is 10.9 Å². The standard InChI is InChI=1S/C14H14O/c1-2-5-11-8-9-12(10-15)14-7-4-3-6-13(11)14/h2-4,6-9,15H,1,5,10H2. The summed E-state index contributed by atoms with van der Waals surface area (Å²) in [6.45, 7) is 3.85. The first kappa shape index (κ1) is 9.94. The van der Waals surface area contributed by atoms with Crippen molar-refractivity contribution in [2.24, 2.45) is 0 Å². The van der Waals surface area contributed by atoms with Crippen LogP contribution in [0.2, 0.25) is 0 Å². The van der Waals surface area contributed by atoms with Crippen molar-refractivity contribution < 1.29 is 5.11 Å². The van der Waals surface area contributed by atoms with Gasteiger partial charge in [-0.15, -0.1) is 6.58 Å². The molecule has 0 bridgehead atoms. The van der Waals surface area contributed by atoms with Crippen LogP contribution in [0.4, 0.5) is 0 Å². The summed E-state index contributed by atoms with van der Waals surface area (Å²) in [5, 5.41) is 11.6. The van der Waals surface area contributed by atoms with E-state index in [0.717, 1.165) is 17.4 Å². The fourth-order valence-corrected chi connectivity index (χ4v) is 1.90. The van der Waals surface area contributed by atoms with Gasteiger partial charge < -0.3 is 5.11 Å². The molecule has 0 aliphatic carbocycles. The van der Waals surface area contributed by atoms with Crippen LogP contribution >= 0.6 is 0 Å². The van der Waals surface area contributed by atoms with Crippen LogP contribution in [0.5, 0.6) is 0 Å². The average molecular weight is 198 g/mol. The molecule has 2 aromatic carbocycles. The minimum atomic E-state index is 0.0921. The predicted octanol–water partition coefficient (Wildman–Crippen LogP) is 3.06. The van der Waals surface area contributed by atoms with E-state index in [0.29, 0.717) is 0 Å². The zero-order valence-electron chi connectivity index (χ0n) is 8.61. The lowest BCUT2D eigenvalue weighted by Crippen LogP contribution is -1.90. The Labute approximate surface area is 89.7 Å². The molecular weight excluding hydrogens is 184 g/mol. The average Bonchev–Trinajstić information content (AvgIpc) is 2.30. The number of hydrogen-bond donors (Lipinski definition) is 1. The summed E-state index contributed by atoms with van der Waals surface area (Å²) in [5.74, 6) is 0. The van der Waals surface area contributed by atoms with Gasteiger partial charge in [0.15, 0.2) is 0 Å². The first-order chi connectivity index (χ1) is 7.36. The summed E-state index contributed by atoms with van der Waals surface area (Å²) in [6, 6.07) is 12.2. The Bertz CT molecular complexity index is 486. The molecule has 0 saturated carbocycles. The van der Waals surface area contributed by atoms with Crippen LogP contribution in [0.3, 0.4) is 0 Å². The number of benzene rings is 2. The molecule has 0 aliphatic rings. The molecule has 15 heavy (non-hydrogen) atoms. The number of aliphatic hydroxyl groups is 1. The summed E-state index contributed by atoms with van der Waals surface area (Å²) in [7, 11) is 0. The zero-order chi connectivity index (χ0) is 10.7. The lowest BCUT2D eigenvalue weighted by Gasteiger charge is -2.08. The van der Waals surface area contributed by atoms with Crippen molar-refractivity contribution in [3.05, 3.63) is 60.2 Å². The van der Waals surface area contributed by atoms with Crippen LogP contribution in [0.15, 0.2) is 49.1 Å². The van der Waals surface area contributed by atoms with Gasteiger partial charge in [-0.05, 0) is 28.3 Å². The topological polar surface area (TPSA) is 20.2 Å². The highest BCUT2D eigenvalue weighted by molar-refractivity contribution is 5.88. The normalized spacial score (nSPS) is 10.5.